The van der Waals surface area contributed by atoms with Gasteiger partial charge in [-0.1, -0.05) is 13.2 Å². The fourth-order valence-corrected chi connectivity index (χ4v) is 3.93. The minimum Gasteiger partial charge on any atom is -0.335 e. The second-order valence-corrected chi connectivity index (χ2v) is 6.21. The van der Waals surface area contributed by atoms with E-state index < -0.39 is 12.3 Å². The normalized spacial score (nSPS) is 42.6. The highest BCUT2D eigenvalue weighted by molar-refractivity contribution is 5.20. The van der Waals surface area contributed by atoms with Crippen LogP contribution in [0.1, 0.15) is 41.3 Å². The van der Waals surface area contributed by atoms with Gasteiger partial charge in [-0.2, -0.15) is 0 Å². The summed E-state index contributed by atoms with van der Waals surface area (Å²) in [5.74, 6) is 1.71. The van der Waals surface area contributed by atoms with Gasteiger partial charge in [0.25, 0.3) is 0 Å². The van der Waals surface area contributed by atoms with E-state index >= 15 is 0 Å². The molecule has 20 heavy (non-hydrogen) atoms. The standard InChI is InChI=1S/C16H26N4/c1-13-17-9-5-3-6-10-18(13)16-15(17)19-11-7-4-8-12-20(16)14(19)2/h15-16H,1-12H2/i15D,16D. The fourth-order valence-electron chi connectivity index (χ4n) is 3.93. The van der Waals surface area contributed by atoms with E-state index in [0.717, 1.165) is 76.3 Å². The van der Waals surface area contributed by atoms with Gasteiger partial charge in [-0.25, -0.2) is 0 Å². The van der Waals surface area contributed by atoms with Crippen LogP contribution in [0.25, 0.3) is 0 Å². The molecule has 0 unspecified atom stereocenters. The lowest BCUT2D eigenvalue weighted by molar-refractivity contribution is 0.134. The first-order valence-electron chi connectivity index (χ1n) is 9.01. The van der Waals surface area contributed by atoms with Crippen molar-refractivity contribution in [2.45, 2.75) is 50.8 Å². The highest BCUT2D eigenvalue weighted by Crippen LogP contribution is 2.43. The van der Waals surface area contributed by atoms with Crippen LogP contribution in [0, 0.1) is 0 Å². The predicted molar refractivity (Wildman–Crippen MR) is 80.4 cm³/mol. The maximum atomic E-state index is 9.36. The fraction of sp³-hybridized carbons (Fsp3) is 0.750. The van der Waals surface area contributed by atoms with Crippen LogP contribution in [0.4, 0.5) is 0 Å². The maximum absolute atomic E-state index is 9.36. The Morgan fingerprint density at radius 3 is 1.25 bits per heavy atom. The quantitative estimate of drug-likeness (QED) is 0.672. The third-order valence-corrected chi connectivity index (χ3v) is 5.00. The van der Waals surface area contributed by atoms with Crippen LogP contribution in [0.15, 0.2) is 24.8 Å². The Kier molecular flexibility index (Phi) is 2.40. The zero-order valence-corrected chi connectivity index (χ0v) is 12.3. The SMILES string of the molecule is [2H]C12N3CCCCCN(C3=C)C1([2H])N1CCCCCN2C1=C. The first kappa shape index (κ1) is 10.4. The van der Waals surface area contributed by atoms with Gasteiger partial charge in [-0.05, 0) is 38.5 Å². The Morgan fingerprint density at radius 1 is 0.650 bits per heavy atom. The topological polar surface area (TPSA) is 13.0 Å². The van der Waals surface area contributed by atoms with Crippen molar-refractivity contribution >= 4 is 0 Å². The maximum Gasteiger partial charge on any atom is 0.144 e. The molecule has 4 bridgehead atoms. The molecule has 0 aromatic rings. The summed E-state index contributed by atoms with van der Waals surface area (Å²) in [7, 11) is 0. The summed E-state index contributed by atoms with van der Waals surface area (Å²) < 4.78 is 18.7. The predicted octanol–water partition coefficient (Wildman–Crippen LogP) is 2.18. The molecule has 0 aromatic carbocycles. The molecule has 4 heterocycles. The second-order valence-electron chi connectivity index (χ2n) is 6.21. The molecule has 4 heteroatoms. The van der Waals surface area contributed by atoms with Gasteiger partial charge >= 0.3 is 0 Å². The highest BCUT2D eigenvalue weighted by Gasteiger charge is 2.54. The molecule has 4 aliphatic rings. The third kappa shape index (κ3) is 1.60. The first-order chi connectivity index (χ1) is 10.5. The molecule has 110 valence electrons. The van der Waals surface area contributed by atoms with Gasteiger partial charge in [0, 0.05) is 26.2 Å². The summed E-state index contributed by atoms with van der Waals surface area (Å²) in [5.41, 5.74) is 0. The van der Waals surface area contributed by atoms with Crippen molar-refractivity contribution in [3.63, 3.8) is 0 Å². The van der Waals surface area contributed by atoms with E-state index in [0.29, 0.717) is 0 Å². The number of hydrogen-bond donors (Lipinski definition) is 0. The summed E-state index contributed by atoms with van der Waals surface area (Å²) >= 11 is 0. The van der Waals surface area contributed by atoms with E-state index in [-0.39, 0.29) is 0 Å². The Hall–Kier alpha value is -1.32. The monoisotopic (exact) mass is 276 g/mol. The van der Waals surface area contributed by atoms with Gasteiger partial charge in [0.05, 0.1) is 14.4 Å². The Morgan fingerprint density at radius 2 is 0.950 bits per heavy atom. The third-order valence-electron chi connectivity index (χ3n) is 5.00. The van der Waals surface area contributed by atoms with Crippen molar-refractivity contribution in [1.29, 1.82) is 0 Å². The highest BCUT2D eigenvalue weighted by atomic mass is 15.7. The largest absolute Gasteiger partial charge is 0.335 e. The molecular weight excluding hydrogens is 248 g/mol. The van der Waals surface area contributed by atoms with Crippen LogP contribution in [0.3, 0.4) is 0 Å². The first-order valence-corrected chi connectivity index (χ1v) is 8.01. The van der Waals surface area contributed by atoms with Crippen molar-refractivity contribution in [1.82, 2.24) is 19.6 Å². The molecule has 0 atom stereocenters. The van der Waals surface area contributed by atoms with Gasteiger partial charge in [0.15, 0.2) is 0 Å². The lowest BCUT2D eigenvalue weighted by Crippen LogP contribution is -2.45. The lowest BCUT2D eigenvalue weighted by Gasteiger charge is -2.37. The van der Waals surface area contributed by atoms with Crippen LogP contribution in [-0.4, -0.2) is 58.1 Å². The number of nitrogens with zero attached hydrogens (tertiary/aromatic N) is 4. The van der Waals surface area contributed by atoms with Gasteiger partial charge in [0.2, 0.25) is 0 Å². The van der Waals surface area contributed by atoms with Crippen LogP contribution in [0.2, 0.25) is 0 Å². The number of rotatable bonds is 0. The molecule has 0 spiro atoms. The summed E-state index contributed by atoms with van der Waals surface area (Å²) in [6.45, 7) is 11.8. The summed E-state index contributed by atoms with van der Waals surface area (Å²) in [6, 6.07) is 0. The van der Waals surface area contributed by atoms with Crippen molar-refractivity contribution in [3.8, 4) is 0 Å². The summed E-state index contributed by atoms with van der Waals surface area (Å²) in [5, 5.41) is 0. The molecule has 4 saturated heterocycles. The van der Waals surface area contributed by atoms with E-state index in [4.69, 9.17) is 0 Å². The van der Waals surface area contributed by atoms with Gasteiger partial charge < -0.3 is 19.6 Å². The van der Waals surface area contributed by atoms with Gasteiger partial charge in [-0.15, -0.1) is 0 Å². The van der Waals surface area contributed by atoms with Crippen LogP contribution in [0.5, 0.6) is 0 Å². The van der Waals surface area contributed by atoms with E-state index in [2.05, 4.69) is 32.8 Å². The van der Waals surface area contributed by atoms with E-state index in [1.165, 1.54) is 0 Å². The molecule has 0 aromatic heterocycles. The average Bonchev–Trinajstić information content (AvgIpc) is 2.75. The molecule has 0 radical (unpaired) electrons. The molecule has 0 amide bonds. The minimum atomic E-state index is -1.12. The lowest BCUT2D eigenvalue weighted by atomic mass is 10.2. The second kappa shape index (κ2) is 4.61. The van der Waals surface area contributed by atoms with E-state index in [9.17, 15) is 2.74 Å². The van der Waals surface area contributed by atoms with Crippen molar-refractivity contribution in [2.24, 2.45) is 0 Å². The molecule has 0 N–H and O–H groups in total. The van der Waals surface area contributed by atoms with E-state index in [1.807, 2.05) is 0 Å². The Bertz CT molecular complexity index is 442. The summed E-state index contributed by atoms with van der Waals surface area (Å²) in [6.07, 6.45) is 4.38. The molecule has 4 fully saturated rings. The van der Waals surface area contributed by atoms with E-state index in [1.54, 1.807) is 0 Å². The molecule has 0 saturated carbocycles. The average molecular weight is 276 g/mol. The number of hydrogen-bond acceptors (Lipinski definition) is 4. The van der Waals surface area contributed by atoms with Crippen LogP contribution < -0.4 is 0 Å². The van der Waals surface area contributed by atoms with Crippen molar-refractivity contribution < 1.29 is 2.74 Å². The van der Waals surface area contributed by atoms with Crippen molar-refractivity contribution in [3.05, 3.63) is 24.8 Å². The van der Waals surface area contributed by atoms with Crippen molar-refractivity contribution in [2.75, 3.05) is 26.2 Å². The zero-order valence-electron chi connectivity index (χ0n) is 14.3. The molecule has 4 rings (SSSR count). The smallest absolute Gasteiger partial charge is 0.144 e. The molecule has 4 nitrogen and oxygen atoms in total. The molecule has 4 aliphatic heterocycles. The zero-order chi connectivity index (χ0) is 15.5. The van der Waals surface area contributed by atoms with Crippen LogP contribution in [-0.2, 0) is 0 Å². The van der Waals surface area contributed by atoms with Crippen LogP contribution >= 0.6 is 0 Å². The molecule has 0 aliphatic carbocycles. The minimum absolute atomic E-state index is 0.817. The van der Waals surface area contributed by atoms with Gasteiger partial charge in [0.1, 0.15) is 12.3 Å². The Balaban J connectivity index is 1.89. The van der Waals surface area contributed by atoms with Gasteiger partial charge in [-0.3, -0.25) is 0 Å². The Labute approximate surface area is 125 Å². The number of fused-ring (bicyclic) bond motifs is 9. The molecular formula is C16H26N4. The summed E-state index contributed by atoms with van der Waals surface area (Å²) in [4.78, 5) is 8.26.